The minimum Gasteiger partial charge on any atom is -1.00 e. The Kier molecular flexibility index (Phi) is 5.46. The fourth-order valence-corrected chi connectivity index (χ4v) is 1.46. The van der Waals surface area contributed by atoms with E-state index >= 15 is 0 Å². The van der Waals surface area contributed by atoms with Gasteiger partial charge in [-0.15, -0.1) is 0 Å². The molecule has 6 nitrogen and oxygen atoms in total. The number of hydrogen-bond donors (Lipinski definition) is 2. The van der Waals surface area contributed by atoms with Crippen LogP contribution in [-0.4, -0.2) is 42.4 Å². The molecule has 0 aromatic carbocycles. The summed E-state index contributed by atoms with van der Waals surface area (Å²) in [4.78, 5) is 0. The SMILES string of the molecule is O=S(=O)(O)C(F)(F)C(F)(F)C(F)(F)S(=O)(=O)O.[H-].[Li+]. The number of halogens is 6. The molecule has 0 aromatic rings. The van der Waals surface area contributed by atoms with Crippen molar-refractivity contribution < 1.29 is 72.6 Å². The van der Waals surface area contributed by atoms with E-state index in [1.807, 2.05) is 0 Å². The normalized spacial score (nSPS) is 15.1. The van der Waals surface area contributed by atoms with Crippen LogP contribution in [0.2, 0.25) is 0 Å². The smallest absolute Gasteiger partial charge is 1.00 e. The Morgan fingerprint density at radius 2 is 0.889 bits per heavy atom. The van der Waals surface area contributed by atoms with Gasteiger partial charge in [0.1, 0.15) is 0 Å². The summed E-state index contributed by atoms with van der Waals surface area (Å²) in [5.41, 5.74) is 0. The van der Waals surface area contributed by atoms with Gasteiger partial charge in [0.15, 0.2) is 0 Å². The largest absolute Gasteiger partial charge is 1.00 e. The van der Waals surface area contributed by atoms with Gasteiger partial charge in [-0.2, -0.15) is 43.2 Å². The first-order chi connectivity index (χ1) is 7.00. The van der Waals surface area contributed by atoms with E-state index in [-0.39, 0.29) is 20.3 Å². The van der Waals surface area contributed by atoms with Crippen molar-refractivity contribution >= 4 is 20.2 Å². The van der Waals surface area contributed by atoms with Gasteiger partial charge in [0, 0.05) is 0 Å². The van der Waals surface area contributed by atoms with Gasteiger partial charge in [0.05, 0.1) is 0 Å². The van der Waals surface area contributed by atoms with E-state index in [9.17, 15) is 43.2 Å². The van der Waals surface area contributed by atoms with Crippen LogP contribution in [0.15, 0.2) is 0 Å². The molecule has 0 aliphatic carbocycles. The zero-order valence-corrected chi connectivity index (χ0v) is 9.74. The van der Waals surface area contributed by atoms with Crippen LogP contribution < -0.4 is 18.9 Å². The maximum Gasteiger partial charge on any atom is 1.00 e. The number of rotatable bonds is 4. The summed E-state index contributed by atoms with van der Waals surface area (Å²) in [5.74, 6) is -7.08. The summed E-state index contributed by atoms with van der Waals surface area (Å²) in [5, 5.41) is -13.6. The molecule has 2 N–H and O–H groups in total. The van der Waals surface area contributed by atoms with E-state index in [0.717, 1.165) is 0 Å². The van der Waals surface area contributed by atoms with Gasteiger partial charge in [0.25, 0.3) is 0 Å². The minimum atomic E-state index is -7.08. The Hall–Kier alpha value is -0.00260. The van der Waals surface area contributed by atoms with Crippen molar-refractivity contribution in [2.45, 2.75) is 16.4 Å². The predicted octanol–water partition coefficient (Wildman–Crippen LogP) is -2.30. The Labute approximate surface area is 110 Å². The van der Waals surface area contributed by atoms with E-state index in [2.05, 4.69) is 0 Å². The van der Waals surface area contributed by atoms with Gasteiger partial charge >= 0.3 is 55.5 Å². The van der Waals surface area contributed by atoms with Gasteiger partial charge < -0.3 is 1.43 Å². The average molecular weight is 320 g/mol. The summed E-state index contributed by atoms with van der Waals surface area (Å²) in [7, 11) is -14.1. The molecule has 15 heteroatoms. The van der Waals surface area contributed by atoms with Crippen LogP contribution >= 0.6 is 0 Å². The molecule has 0 unspecified atom stereocenters. The van der Waals surface area contributed by atoms with Crippen molar-refractivity contribution in [1.29, 1.82) is 0 Å². The number of hydrogen-bond acceptors (Lipinski definition) is 4. The van der Waals surface area contributed by atoms with Crippen molar-refractivity contribution in [3.05, 3.63) is 0 Å². The van der Waals surface area contributed by atoms with Crippen molar-refractivity contribution in [1.82, 2.24) is 0 Å². The molecule has 0 spiro atoms. The Bertz CT molecular complexity index is 469. The molecule has 0 bridgehead atoms. The van der Waals surface area contributed by atoms with Crippen molar-refractivity contribution in [2.24, 2.45) is 0 Å². The average Bonchev–Trinajstić information content (AvgIpc) is 1.98. The molecular formula is C3H3F6LiO6S2. The van der Waals surface area contributed by atoms with Gasteiger partial charge in [-0.1, -0.05) is 0 Å². The molecule has 0 heterocycles. The zero-order chi connectivity index (χ0) is 14.5. The summed E-state index contributed by atoms with van der Waals surface area (Å²) in [6.07, 6.45) is 0. The summed E-state index contributed by atoms with van der Waals surface area (Å²) < 4.78 is 128. The molecule has 0 atom stereocenters. The third-order valence-corrected chi connectivity index (χ3v) is 3.19. The van der Waals surface area contributed by atoms with Crippen LogP contribution in [0.4, 0.5) is 26.3 Å². The first kappa shape index (κ1) is 20.3. The van der Waals surface area contributed by atoms with Crippen LogP contribution in [0.3, 0.4) is 0 Å². The summed E-state index contributed by atoms with van der Waals surface area (Å²) in [6.45, 7) is 0. The van der Waals surface area contributed by atoms with Gasteiger partial charge in [-0.3, -0.25) is 9.11 Å². The number of alkyl halides is 6. The molecule has 0 fully saturated rings. The van der Waals surface area contributed by atoms with E-state index in [1.54, 1.807) is 0 Å². The molecule has 0 radical (unpaired) electrons. The molecule has 0 saturated heterocycles. The second-order valence-electron chi connectivity index (χ2n) is 2.56. The Morgan fingerprint density at radius 3 is 1.00 bits per heavy atom. The van der Waals surface area contributed by atoms with Gasteiger partial charge in [-0.25, -0.2) is 0 Å². The van der Waals surface area contributed by atoms with Crippen LogP contribution in [0.5, 0.6) is 0 Å². The molecule has 0 aliphatic heterocycles. The van der Waals surface area contributed by atoms with Crippen LogP contribution in [0.25, 0.3) is 0 Å². The Morgan fingerprint density at radius 1 is 0.722 bits per heavy atom. The van der Waals surface area contributed by atoms with Crippen LogP contribution in [-0.2, 0) is 20.2 Å². The second-order valence-corrected chi connectivity index (χ2v) is 5.48. The molecule has 0 aliphatic rings. The molecule has 0 saturated carbocycles. The van der Waals surface area contributed by atoms with Crippen molar-refractivity contribution in [3.8, 4) is 0 Å². The van der Waals surface area contributed by atoms with E-state index in [0.29, 0.717) is 0 Å². The van der Waals surface area contributed by atoms with Crippen LogP contribution in [0, 0.1) is 0 Å². The molecule has 18 heavy (non-hydrogen) atoms. The molecule has 0 amide bonds. The van der Waals surface area contributed by atoms with E-state index in [1.165, 1.54) is 0 Å². The zero-order valence-electron chi connectivity index (χ0n) is 9.11. The second kappa shape index (κ2) is 4.83. The quantitative estimate of drug-likeness (QED) is 0.343. The van der Waals surface area contributed by atoms with Crippen molar-refractivity contribution in [3.63, 3.8) is 0 Å². The van der Waals surface area contributed by atoms with Crippen molar-refractivity contribution in [2.75, 3.05) is 0 Å². The first-order valence-corrected chi connectivity index (χ1v) is 5.95. The molecule has 0 aromatic heterocycles. The maximum atomic E-state index is 12.4. The summed E-state index contributed by atoms with van der Waals surface area (Å²) in [6, 6.07) is 0. The fourth-order valence-electron chi connectivity index (χ4n) is 0.493. The topological polar surface area (TPSA) is 109 Å². The molecular weight excluding hydrogens is 317 g/mol. The maximum absolute atomic E-state index is 12.4. The summed E-state index contributed by atoms with van der Waals surface area (Å²) >= 11 is 0. The standard InChI is InChI=1S/C3H2F6O6S2.Li.H/c4-1(5,2(6,7)16(10,11)12)3(8,9)17(13,14)15;;/h(H,10,11,12)(H,13,14,15);;/q;+1;-1. The van der Waals surface area contributed by atoms with Gasteiger partial charge in [-0.05, 0) is 0 Å². The molecule has 0 rings (SSSR count). The monoisotopic (exact) mass is 320 g/mol. The Balaban J connectivity index is -0.00000128. The molecule has 106 valence electrons. The first-order valence-electron chi connectivity index (χ1n) is 3.07. The third kappa shape index (κ3) is 2.78. The minimum absolute atomic E-state index is 0. The fraction of sp³-hybridized carbons (Fsp3) is 1.00. The van der Waals surface area contributed by atoms with E-state index < -0.39 is 36.7 Å². The third-order valence-electron chi connectivity index (χ3n) is 1.38. The predicted molar refractivity (Wildman–Crippen MR) is 39.1 cm³/mol. The van der Waals surface area contributed by atoms with E-state index in [4.69, 9.17) is 9.11 Å². The van der Waals surface area contributed by atoms with Gasteiger partial charge in [0.2, 0.25) is 0 Å². The van der Waals surface area contributed by atoms with Crippen LogP contribution in [0.1, 0.15) is 1.43 Å².